The number of likely N-dealkylation sites (tertiary alicyclic amines) is 1. The number of ether oxygens (including phenoxy) is 1. The first-order valence-corrected chi connectivity index (χ1v) is 6.74. The largest absolute Gasteiger partial charge is 0.384 e. The van der Waals surface area contributed by atoms with E-state index in [9.17, 15) is 0 Å². The van der Waals surface area contributed by atoms with E-state index in [0.29, 0.717) is 0 Å². The lowest BCUT2D eigenvalue weighted by Gasteiger charge is -2.34. The van der Waals surface area contributed by atoms with Crippen LogP contribution in [-0.4, -0.2) is 50.8 Å². The number of rotatable bonds is 4. The van der Waals surface area contributed by atoms with Gasteiger partial charge in [-0.25, -0.2) is 0 Å². The van der Waals surface area contributed by atoms with Crippen molar-refractivity contribution in [3.8, 4) is 0 Å². The maximum Gasteiger partial charge on any atom is 0.0491 e. The lowest BCUT2D eigenvalue weighted by Crippen LogP contribution is -2.40. The first kappa shape index (κ1) is 12.3. The minimum atomic E-state index is 0.719. The molecule has 3 heteroatoms. The molecular formula is C13H26N2O. The molecule has 0 spiro atoms. The third-order valence-electron chi connectivity index (χ3n) is 4.29. The van der Waals surface area contributed by atoms with Crippen LogP contribution >= 0.6 is 0 Å². The number of methoxy groups -OCH3 is 1. The Morgan fingerprint density at radius 2 is 2.00 bits per heavy atom. The highest BCUT2D eigenvalue weighted by molar-refractivity contribution is 4.84. The van der Waals surface area contributed by atoms with E-state index in [4.69, 9.17) is 4.74 Å². The fourth-order valence-electron chi connectivity index (χ4n) is 3.07. The van der Waals surface area contributed by atoms with Crippen LogP contribution < -0.4 is 5.32 Å². The van der Waals surface area contributed by atoms with Crippen LogP contribution in [0.1, 0.15) is 26.2 Å². The Morgan fingerprint density at radius 1 is 1.25 bits per heavy atom. The molecule has 94 valence electrons. The van der Waals surface area contributed by atoms with Gasteiger partial charge in [-0.2, -0.15) is 0 Å². The van der Waals surface area contributed by atoms with Crippen molar-refractivity contribution in [1.82, 2.24) is 10.2 Å². The molecule has 2 rings (SSSR count). The third kappa shape index (κ3) is 3.19. The van der Waals surface area contributed by atoms with Gasteiger partial charge < -0.3 is 15.0 Å². The van der Waals surface area contributed by atoms with Gasteiger partial charge in [0.05, 0.1) is 0 Å². The Bertz CT molecular complexity index is 202. The van der Waals surface area contributed by atoms with Crippen LogP contribution in [0.4, 0.5) is 0 Å². The van der Waals surface area contributed by atoms with E-state index in [-0.39, 0.29) is 0 Å². The molecule has 0 aromatic carbocycles. The van der Waals surface area contributed by atoms with Gasteiger partial charge in [0.2, 0.25) is 0 Å². The Balaban J connectivity index is 1.68. The first-order chi connectivity index (χ1) is 7.79. The van der Waals surface area contributed by atoms with Crippen molar-refractivity contribution in [2.45, 2.75) is 32.2 Å². The van der Waals surface area contributed by atoms with Gasteiger partial charge >= 0.3 is 0 Å². The summed E-state index contributed by atoms with van der Waals surface area (Å²) in [4.78, 5) is 2.65. The van der Waals surface area contributed by atoms with E-state index in [1.54, 1.807) is 0 Å². The van der Waals surface area contributed by atoms with Gasteiger partial charge in [-0.05, 0) is 57.7 Å². The molecule has 0 amide bonds. The fraction of sp³-hybridized carbons (Fsp3) is 1.00. The zero-order valence-electron chi connectivity index (χ0n) is 10.7. The number of hydrogen-bond donors (Lipinski definition) is 1. The SMILES string of the molecule is COCC1CCN(CC2CCNC2C)CC1. The standard InChI is InChI=1S/C13H26N2O/c1-11-13(3-6-14-11)9-15-7-4-12(5-8-15)10-16-2/h11-14H,3-10H2,1-2H3. The molecule has 2 unspecified atom stereocenters. The zero-order valence-corrected chi connectivity index (χ0v) is 10.7. The summed E-state index contributed by atoms with van der Waals surface area (Å²) in [5.74, 6) is 1.68. The van der Waals surface area contributed by atoms with Crippen LogP contribution in [0.25, 0.3) is 0 Å². The van der Waals surface area contributed by atoms with E-state index in [0.717, 1.165) is 24.5 Å². The molecule has 1 N–H and O–H groups in total. The molecule has 0 aromatic heterocycles. The van der Waals surface area contributed by atoms with E-state index in [2.05, 4.69) is 17.1 Å². The van der Waals surface area contributed by atoms with Gasteiger partial charge in [-0.15, -0.1) is 0 Å². The minimum absolute atomic E-state index is 0.719. The summed E-state index contributed by atoms with van der Waals surface area (Å²) < 4.78 is 5.24. The summed E-state index contributed by atoms with van der Waals surface area (Å²) in [6.07, 6.45) is 4.00. The van der Waals surface area contributed by atoms with Gasteiger partial charge in [0.15, 0.2) is 0 Å². The van der Waals surface area contributed by atoms with Crippen molar-refractivity contribution in [2.24, 2.45) is 11.8 Å². The van der Waals surface area contributed by atoms with Crippen molar-refractivity contribution >= 4 is 0 Å². The average Bonchev–Trinajstić information content (AvgIpc) is 2.68. The molecule has 0 radical (unpaired) electrons. The van der Waals surface area contributed by atoms with Crippen LogP contribution in [0.3, 0.4) is 0 Å². The summed E-state index contributed by atoms with van der Waals surface area (Å²) >= 11 is 0. The lowest BCUT2D eigenvalue weighted by atomic mass is 9.95. The molecule has 2 heterocycles. The molecule has 3 nitrogen and oxygen atoms in total. The van der Waals surface area contributed by atoms with Crippen molar-refractivity contribution in [3.63, 3.8) is 0 Å². The second-order valence-corrected chi connectivity index (χ2v) is 5.49. The lowest BCUT2D eigenvalue weighted by molar-refractivity contribution is 0.0918. The van der Waals surface area contributed by atoms with Crippen LogP contribution in [0.2, 0.25) is 0 Å². The summed E-state index contributed by atoms with van der Waals surface area (Å²) in [6.45, 7) is 8.35. The summed E-state index contributed by atoms with van der Waals surface area (Å²) in [6, 6.07) is 0.719. The molecule has 2 aliphatic rings. The second kappa shape index (κ2) is 5.99. The predicted molar refractivity (Wildman–Crippen MR) is 66.6 cm³/mol. The normalized spacial score (nSPS) is 33.4. The fourth-order valence-corrected chi connectivity index (χ4v) is 3.07. The maximum atomic E-state index is 5.24. The Kier molecular flexibility index (Phi) is 4.62. The van der Waals surface area contributed by atoms with E-state index < -0.39 is 0 Å². The predicted octanol–water partition coefficient (Wildman–Crippen LogP) is 1.34. The molecule has 2 aliphatic heterocycles. The Labute approximate surface area is 99.5 Å². The smallest absolute Gasteiger partial charge is 0.0491 e. The van der Waals surface area contributed by atoms with Crippen molar-refractivity contribution < 1.29 is 4.74 Å². The topological polar surface area (TPSA) is 24.5 Å². The molecule has 0 aliphatic carbocycles. The van der Waals surface area contributed by atoms with Crippen LogP contribution in [0, 0.1) is 11.8 Å². The van der Waals surface area contributed by atoms with E-state index in [1.165, 1.54) is 45.4 Å². The van der Waals surface area contributed by atoms with Gasteiger partial charge in [0.25, 0.3) is 0 Å². The second-order valence-electron chi connectivity index (χ2n) is 5.49. The number of nitrogens with zero attached hydrogens (tertiary/aromatic N) is 1. The summed E-state index contributed by atoms with van der Waals surface area (Å²) in [7, 11) is 1.82. The van der Waals surface area contributed by atoms with Gasteiger partial charge in [-0.3, -0.25) is 0 Å². The molecule has 0 saturated carbocycles. The van der Waals surface area contributed by atoms with Gasteiger partial charge in [0, 0.05) is 26.3 Å². The molecule has 0 aromatic rings. The molecule has 2 saturated heterocycles. The van der Waals surface area contributed by atoms with Crippen LogP contribution in [0.5, 0.6) is 0 Å². The van der Waals surface area contributed by atoms with E-state index in [1.807, 2.05) is 7.11 Å². The highest BCUT2D eigenvalue weighted by atomic mass is 16.5. The van der Waals surface area contributed by atoms with Crippen molar-refractivity contribution in [3.05, 3.63) is 0 Å². The van der Waals surface area contributed by atoms with Crippen molar-refractivity contribution in [2.75, 3.05) is 39.9 Å². The first-order valence-electron chi connectivity index (χ1n) is 6.74. The van der Waals surface area contributed by atoms with Gasteiger partial charge in [0.1, 0.15) is 0 Å². The van der Waals surface area contributed by atoms with Crippen molar-refractivity contribution in [1.29, 1.82) is 0 Å². The van der Waals surface area contributed by atoms with E-state index >= 15 is 0 Å². The molecular weight excluding hydrogens is 200 g/mol. The number of hydrogen-bond acceptors (Lipinski definition) is 3. The molecule has 2 atom stereocenters. The highest BCUT2D eigenvalue weighted by Gasteiger charge is 2.27. The number of piperidine rings is 1. The summed E-state index contributed by atoms with van der Waals surface area (Å²) in [5.41, 5.74) is 0. The summed E-state index contributed by atoms with van der Waals surface area (Å²) in [5, 5.41) is 3.54. The monoisotopic (exact) mass is 226 g/mol. The quantitative estimate of drug-likeness (QED) is 0.783. The highest BCUT2D eigenvalue weighted by Crippen LogP contribution is 2.21. The van der Waals surface area contributed by atoms with Crippen LogP contribution in [0.15, 0.2) is 0 Å². The minimum Gasteiger partial charge on any atom is -0.384 e. The van der Waals surface area contributed by atoms with Crippen LogP contribution in [-0.2, 0) is 4.74 Å². The third-order valence-corrected chi connectivity index (χ3v) is 4.29. The zero-order chi connectivity index (χ0) is 11.4. The molecule has 0 bridgehead atoms. The van der Waals surface area contributed by atoms with Gasteiger partial charge in [-0.1, -0.05) is 0 Å². The Hall–Kier alpha value is -0.120. The number of nitrogens with one attached hydrogen (secondary N) is 1. The Morgan fingerprint density at radius 3 is 2.56 bits per heavy atom. The maximum absolute atomic E-state index is 5.24. The molecule has 2 fully saturated rings. The molecule has 16 heavy (non-hydrogen) atoms. The average molecular weight is 226 g/mol.